The number of methoxy groups -OCH3 is 1. The van der Waals surface area contributed by atoms with E-state index in [-0.39, 0.29) is 17.2 Å². The van der Waals surface area contributed by atoms with Crippen LogP contribution < -0.4 is 9.47 Å². The lowest BCUT2D eigenvalue weighted by Gasteiger charge is -2.14. The molecule has 31 heavy (non-hydrogen) atoms. The Morgan fingerprint density at radius 3 is 2.71 bits per heavy atom. The van der Waals surface area contributed by atoms with Crippen molar-refractivity contribution in [2.45, 2.75) is 6.61 Å². The molecule has 4 aromatic rings. The summed E-state index contributed by atoms with van der Waals surface area (Å²) in [6.45, 7) is -0.0876. The monoisotopic (exact) mass is 450 g/mol. The average Bonchev–Trinajstić information content (AvgIpc) is 3.21. The first-order valence-corrected chi connectivity index (χ1v) is 10.5. The lowest BCUT2D eigenvalue weighted by Crippen LogP contribution is -2.02. The fraction of sp³-hybridized carbons (Fsp3) is 0.0833. The summed E-state index contributed by atoms with van der Waals surface area (Å²) in [6, 6.07) is 19.7. The predicted octanol–water partition coefficient (Wildman–Crippen LogP) is 6.74. The Labute approximate surface area is 187 Å². The standard InChI is InChI=1S/C24H16ClFN2O2S/c1-29-21-10-4-6-15(23(21)30-14-17-18(25)7-5-8-19(17)26)12-16(13-27)24-28-20-9-2-3-11-22(20)31-24/h2-12H,14H2,1H3/b16-12-. The number of thiazole rings is 1. The summed E-state index contributed by atoms with van der Waals surface area (Å²) in [5.74, 6) is 0.396. The molecule has 1 heterocycles. The van der Waals surface area contributed by atoms with E-state index in [2.05, 4.69) is 11.1 Å². The zero-order valence-corrected chi connectivity index (χ0v) is 18.0. The third-order valence-electron chi connectivity index (χ3n) is 4.60. The number of nitrogens with zero attached hydrogens (tertiary/aromatic N) is 2. The number of hydrogen-bond donors (Lipinski definition) is 0. The normalized spacial score (nSPS) is 11.4. The molecule has 0 spiro atoms. The van der Waals surface area contributed by atoms with Crippen LogP contribution in [0.1, 0.15) is 16.1 Å². The molecule has 7 heteroatoms. The van der Waals surface area contributed by atoms with Crippen molar-refractivity contribution in [3.63, 3.8) is 0 Å². The van der Waals surface area contributed by atoms with Crippen LogP contribution in [0.15, 0.2) is 60.7 Å². The Morgan fingerprint density at radius 1 is 1.16 bits per heavy atom. The van der Waals surface area contributed by atoms with Gasteiger partial charge < -0.3 is 9.47 Å². The molecule has 0 bridgehead atoms. The maximum absolute atomic E-state index is 14.2. The number of fused-ring (bicyclic) bond motifs is 1. The minimum Gasteiger partial charge on any atom is -0.493 e. The molecule has 4 rings (SSSR count). The molecule has 4 nitrogen and oxygen atoms in total. The van der Waals surface area contributed by atoms with E-state index in [1.807, 2.05) is 24.3 Å². The summed E-state index contributed by atoms with van der Waals surface area (Å²) in [5.41, 5.74) is 2.09. The van der Waals surface area contributed by atoms with Gasteiger partial charge in [-0.2, -0.15) is 5.26 Å². The van der Waals surface area contributed by atoms with Gasteiger partial charge in [0, 0.05) is 11.1 Å². The third-order valence-corrected chi connectivity index (χ3v) is 6.02. The smallest absolute Gasteiger partial charge is 0.168 e. The second kappa shape index (κ2) is 9.17. The molecule has 0 unspecified atom stereocenters. The topological polar surface area (TPSA) is 55.1 Å². The van der Waals surface area contributed by atoms with Crippen molar-refractivity contribution in [1.82, 2.24) is 4.98 Å². The Morgan fingerprint density at radius 2 is 1.97 bits per heavy atom. The SMILES string of the molecule is COc1cccc(/C=C(/C#N)c2nc3ccccc3s2)c1OCc1c(F)cccc1Cl. The number of halogens is 2. The van der Waals surface area contributed by atoms with Crippen LogP contribution in [0.3, 0.4) is 0 Å². The Balaban J connectivity index is 1.73. The number of allylic oxidation sites excluding steroid dienone is 1. The lowest BCUT2D eigenvalue weighted by molar-refractivity contribution is 0.279. The fourth-order valence-electron chi connectivity index (χ4n) is 3.06. The van der Waals surface area contributed by atoms with Crippen LogP contribution >= 0.6 is 22.9 Å². The van der Waals surface area contributed by atoms with Crippen molar-refractivity contribution in [2.75, 3.05) is 7.11 Å². The second-order valence-corrected chi connectivity index (χ2v) is 7.96. The van der Waals surface area contributed by atoms with E-state index in [0.29, 0.717) is 27.6 Å². The van der Waals surface area contributed by atoms with Crippen LogP contribution in [0.25, 0.3) is 21.9 Å². The van der Waals surface area contributed by atoms with Crippen LogP contribution in [-0.2, 0) is 6.61 Å². The zero-order valence-electron chi connectivity index (χ0n) is 16.4. The van der Waals surface area contributed by atoms with Gasteiger partial charge in [0.15, 0.2) is 11.5 Å². The molecule has 0 saturated carbocycles. The Bertz CT molecular complexity index is 1270. The number of benzene rings is 3. The van der Waals surface area contributed by atoms with Gasteiger partial charge in [0.2, 0.25) is 0 Å². The summed E-state index contributed by atoms with van der Waals surface area (Å²) in [6.07, 6.45) is 1.69. The minimum absolute atomic E-state index is 0.0876. The lowest BCUT2D eigenvalue weighted by atomic mass is 10.1. The van der Waals surface area contributed by atoms with Crippen LogP contribution in [-0.4, -0.2) is 12.1 Å². The first-order chi connectivity index (χ1) is 15.1. The van der Waals surface area contributed by atoms with E-state index in [0.717, 1.165) is 10.2 Å². The predicted molar refractivity (Wildman–Crippen MR) is 122 cm³/mol. The van der Waals surface area contributed by atoms with E-state index in [1.54, 1.807) is 30.3 Å². The number of para-hydroxylation sites is 2. The van der Waals surface area contributed by atoms with Crippen molar-refractivity contribution >= 4 is 44.8 Å². The van der Waals surface area contributed by atoms with E-state index in [1.165, 1.54) is 30.6 Å². The largest absolute Gasteiger partial charge is 0.493 e. The molecule has 0 saturated heterocycles. The Hall–Kier alpha value is -3.40. The molecule has 0 fully saturated rings. The molecular weight excluding hydrogens is 435 g/mol. The van der Waals surface area contributed by atoms with Gasteiger partial charge in [0.25, 0.3) is 0 Å². The highest BCUT2D eigenvalue weighted by molar-refractivity contribution is 7.19. The third kappa shape index (κ3) is 4.38. The molecule has 0 radical (unpaired) electrons. The molecule has 0 amide bonds. The minimum atomic E-state index is -0.452. The quantitative estimate of drug-likeness (QED) is 0.305. The molecule has 3 aromatic carbocycles. The summed E-state index contributed by atoms with van der Waals surface area (Å²) >= 11 is 7.56. The number of aromatic nitrogens is 1. The van der Waals surface area contributed by atoms with Crippen LogP contribution in [0.4, 0.5) is 4.39 Å². The average molecular weight is 451 g/mol. The van der Waals surface area contributed by atoms with Crippen molar-refractivity contribution in [3.05, 3.63) is 87.6 Å². The van der Waals surface area contributed by atoms with Crippen molar-refractivity contribution in [3.8, 4) is 17.6 Å². The maximum Gasteiger partial charge on any atom is 0.168 e. The number of nitriles is 1. The second-order valence-electron chi connectivity index (χ2n) is 6.52. The number of rotatable bonds is 6. The highest BCUT2D eigenvalue weighted by Crippen LogP contribution is 2.36. The molecule has 154 valence electrons. The number of hydrogen-bond acceptors (Lipinski definition) is 5. The van der Waals surface area contributed by atoms with Crippen molar-refractivity contribution in [2.24, 2.45) is 0 Å². The molecule has 0 N–H and O–H groups in total. The van der Waals surface area contributed by atoms with E-state index >= 15 is 0 Å². The molecule has 0 aliphatic carbocycles. The molecule has 0 aliphatic heterocycles. The van der Waals surface area contributed by atoms with Gasteiger partial charge in [-0.15, -0.1) is 11.3 Å². The zero-order chi connectivity index (χ0) is 21.8. The van der Waals surface area contributed by atoms with Gasteiger partial charge in [-0.1, -0.05) is 41.9 Å². The van der Waals surface area contributed by atoms with Crippen LogP contribution in [0.2, 0.25) is 5.02 Å². The van der Waals surface area contributed by atoms with Crippen molar-refractivity contribution < 1.29 is 13.9 Å². The summed E-state index contributed by atoms with van der Waals surface area (Å²) in [7, 11) is 1.52. The van der Waals surface area contributed by atoms with E-state index in [9.17, 15) is 9.65 Å². The van der Waals surface area contributed by atoms with E-state index in [4.69, 9.17) is 21.1 Å². The maximum atomic E-state index is 14.2. The molecule has 0 atom stereocenters. The van der Waals surface area contributed by atoms with Crippen molar-refractivity contribution in [1.29, 1.82) is 5.26 Å². The number of ether oxygens (including phenoxy) is 2. The van der Waals surface area contributed by atoms with Gasteiger partial charge in [-0.25, -0.2) is 9.37 Å². The highest BCUT2D eigenvalue weighted by Gasteiger charge is 2.15. The molecule has 1 aromatic heterocycles. The molecule has 0 aliphatic rings. The summed E-state index contributed by atoms with van der Waals surface area (Å²) < 4.78 is 26.5. The highest BCUT2D eigenvalue weighted by atomic mass is 35.5. The Kier molecular flexibility index (Phi) is 6.17. The first kappa shape index (κ1) is 20.9. The molecular formula is C24H16ClFN2O2S. The van der Waals surface area contributed by atoms with E-state index < -0.39 is 5.82 Å². The fourth-order valence-corrected chi connectivity index (χ4v) is 4.21. The summed E-state index contributed by atoms with van der Waals surface area (Å²) in [5, 5.41) is 10.7. The van der Waals surface area contributed by atoms with Gasteiger partial charge >= 0.3 is 0 Å². The van der Waals surface area contributed by atoms with Gasteiger partial charge in [0.1, 0.15) is 23.5 Å². The van der Waals surface area contributed by atoms with Gasteiger partial charge in [-0.05, 0) is 36.4 Å². The van der Waals surface area contributed by atoms with Crippen LogP contribution in [0, 0.1) is 17.1 Å². The van der Waals surface area contributed by atoms with Gasteiger partial charge in [-0.3, -0.25) is 0 Å². The summed E-state index contributed by atoms with van der Waals surface area (Å²) in [4.78, 5) is 4.56. The van der Waals surface area contributed by atoms with Crippen LogP contribution in [0.5, 0.6) is 11.5 Å². The van der Waals surface area contributed by atoms with Gasteiger partial charge in [0.05, 0.1) is 27.9 Å². The first-order valence-electron chi connectivity index (χ1n) is 9.31.